The van der Waals surface area contributed by atoms with Crippen LogP contribution in [0.3, 0.4) is 0 Å². The SMILES string of the molecule is Cc1cc(C2CC(c3cc(Cl)cc(Cl)c3)(C(F)(F)F)ON2C)ccc1C(=O)CC1CS(=O)(=O)C1. The van der Waals surface area contributed by atoms with Crippen LogP contribution in [0, 0.1) is 12.8 Å². The molecular weight excluding hydrogens is 514 g/mol. The normalized spacial score (nSPS) is 25.3. The molecule has 2 aromatic rings. The minimum absolute atomic E-state index is 0.00707. The molecular formula is C23H22Cl2F3NO4S. The van der Waals surface area contributed by atoms with Gasteiger partial charge in [0.25, 0.3) is 0 Å². The first kappa shape index (κ1) is 25.4. The zero-order valence-electron chi connectivity index (χ0n) is 18.3. The number of alkyl halides is 3. The third-order valence-electron chi connectivity index (χ3n) is 6.40. The van der Waals surface area contributed by atoms with Gasteiger partial charge in [0.1, 0.15) is 0 Å². The number of carbonyl (C=O) groups is 1. The molecule has 2 saturated heterocycles. The predicted molar refractivity (Wildman–Crippen MR) is 123 cm³/mol. The second-order valence-electron chi connectivity index (χ2n) is 8.98. The molecule has 11 heteroatoms. The van der Waals surface area contributed by atoms with Gasteiger partial charge in [0, 0.05) is 35.5 Å². The summed E-state index contributed by atoms with van der Waals surface area (Å²) in [6, 6.07) is 7.86. The first-order valence-electron chi connectivity index (χ1n) is 10.5. The smallest absolute Gasteiger partial charge is 0.294 e. The van der Waals surface area contributed by atoms with E-state index < -0.39 is 34.1 Å². The summed E-state index contributed by atoms with van der Waals surface area (Å²) in [5, 5.41) is 1.30. The summed E-state index contributed by atoms with van der Waals surface area (Å²) in [5.41, 5.74) is -1.24. The van der Waals surface area contributed by atoms with Crippen LogP contribution in [0.1, 0.15) is 45.9 Å². The number of ketones is 1. The highest BCUT2D eigenvalue weighted by molar-refractivity contribution is 7.92. The average Bonchev–Trinajstić information content (AvgIpc) is 3.04. The van der Waals surface area contributed by atoms with Crippen LogP contribution in [-0.4, -0.2) is 44.0 Å². The van der Waals surface area contributed by atoms with Crippen LogP contribution in [-0.2, 0) is 20.3 Å². The maximum Gasteiger partial charge on any atom is 0.423 e. The van der Waals surface area contributed by atoms with Crippen molar-refractivity contribution < 1.29 is 31.2 Å². The summed E-state index contributed by atoms with van der Waals surface area (Å²) < 4.78 is 65.8. The van der Waals surface area contributed by atoms with Crippen LogP contribution in [0.25, 0.3) is 0 Å². The summed E-state index contributed by atoms with van der Waals surface area (Å²) in [4.78, 5) is 18.1. The topological polar surface area (TPSA) is 63.7 Å². The average molecular weight is 536 g/mol. The molecule has 0 aromatic heterocycles. The molecule has 0 saturated carbocycles. The van der Waals surface area contributed by atoms with Crippen molar-refractivity contribution in [3.05, 3.63) is 68.7 Å². The number of carbonyl (C=O) groups excluding carboxylic acids is 1. The summed E-state index contributed by atoms with van der Waals surface area (Å²) in [6.07, 6.45) is -5.06. The first-order chi connectivity index (χ1) is 15.7. The Balaban J connectivity index is 1.61. The van der Waals surface area contributed by atoms with E-state index in [0.717, 1.165) is 5.06 Å². The summed E-state index contributed by atoms with van der Waals surface area (Å²) in [7, 11) is -1.60. The third-order valence-corrected chi connectivity index (χ3v) is 8.79. The van der Waals surface area contributed by atoms with Crippen LogP contribution in [0.15, 0.2) is 36.4 Å². The fourth-order valence-corrected chi connectivity index (χ4v) is 6.83. The van der Waals surface area contributed by atoms with Gasteiger partial charge in [-0.1, -0.05) is 41.4 Å². The molecule has 2 unspecified atom stereocenters. The first-order valence-corrected chi connectivity index (χ1v) is 13.1. The van der Waals surface area contributed by atoms with E-state index in [1.54, 1.807) is 25.1 Å². The molecule has 5 nitrogen and oxygen atoms in total. The van der Waals surface area contributed by atoms with Gasteiger partial charge in [-0.25, -0.2) is 8.42 Å². The van der Waals surface area contributed by atoms with Gasteiger partial charge in [-0.3, -0.25) is 9.63 Å². The molecule has 0 aliphatic carbocycles. The largest absolute Gasteiger partial charge is 0.423 e. The molecule has 2 aliphatic heterocycles. The van der Waals surface area contributed by atoms with Crippen molar-refractivity contribution in [1.82, 2.24) is 5.06 Å². The lowest BCUT2D eigenvalue weighted by atomic mass is 9.85. The Bertz CT molecular complexity index is 1220. The third kappa shape index (κ3) is 4.73. The molecule has 0 spiro atoms. The Kier molecular flexibility index (Phi) is 6.57. The molecule has 0 N–H and O–H groups in total. The number of halogens is 5. The molecule has 0 amide bonds. The predicted octanol–water partition coefficient (Wildman–Crippen LogP) is 5.69. The van der Waals surface area contributed by atoms with Gasteiger partial charge in [-0.15, -0.1) is 0 Å². The van der Waals surface area contributed by atoms with Gasteiger partial charge in [0.05, 0.1) is 17.5 Å². The van der Waals surface area contributed by atoms with Crippen LogP contribution >= 0.6 is 23.2 Å². The molecule has 2 aromatic carbocycles. The van der Waals surface area contributed by atoms with Crippen molar-refractivity contribution in [2.45, 2.75) is 37.6 Å². The van der Waals surface area contributed by atoms with E-state index in [4.69, 9.17) is 28.0 Å². The number of hydrogen-bond donors (Lipinski definition) is 0. The van der Waals surface area contributed by atoms with E-state index in [-0.39, 0.29) is 45.2 Å². The van der Waals surface area contributed by atoms with Crippen molar-refractivity contribution >= 4 is 38.8 Å². The van der Waals surface area contributed by atoms with Crippen LogP contribution < -0.4 is 0 Å². The number of hydroxylamine groups is 2. The van der Waals surface area contributed by atoms with E-state index in [1.807, 2.05) is 0 Å². The Labute approximate surface area is 205 Å². The van der Waals surface area contributed by atoms with Crippen molar-refractivity contribution in [1.29, 1.82) is 0 Å². The molecule has 2 aliphatic rings. The Morgan fingerprint density at radius 1 is 1.15 bits per heavy atom. The molecule has 2 atom stereocenters. The van der Waals surface area contributed by atoms with Gasteiger partial charge in [-0.05, 0) is 47.7 Å². The van der Waals surface area contributed by atoms with Crippen LogP contribution in [0.2, 0.25) is 10.0 Å². The van der Waals surface area contributed by atoms with Crippen molar-refractivity contribution in [3.8, 4) is 0 Å². The number of Topliss-reactive ketones (excluding diaryl/α,β-unsaturated/α-hetero) is 1. The number of sulfone groups is 1. The zero-order valence-corrected chi connectivity index (χ0v) is 20.7. The standard InChI is InChI=1S/C23H22Cl2F3NO4S/c1-13-5-15(3-4-19(13)21(30)6-14-11-34(31,32)12-14)20-10-22(23(26,27)28,33-29(20)2)16-7-17(24)9-18(25)8-16/h3-5,7-9,14,20H,6,10-12H2,1-2H3. The highest BCUT2D eigenvalue weighted by atomic mass is 35.5. The van der Waals surface area contributed by atoms with Gasteiger partial charge in [0.15, 0.2) is 15.6 Å². The number of hydrogen-bond acceptors (Lipinski definition) is 5. The molecule has 0 radical (unpaired) electrons. The van der Waals surface area contributed by atoms with Crippen molar-refractivity contribution in [2.75, 3.05) is 18.6 Å². The summed E-state index contributed by atoms with van der Waals surface area (Å²) in [6.45, 7) is 1.71. The van der Waals surface area contributed by atoms with Gasteiger partial charge in [-0.2, -0.15) is 18.2 Å². The monoisotopic (exact) mass is 535 g/mol. The van der Waals surface area contributed by atoms with Gasteiger partial charge in [0.2, 0.25) is 5.60 Å². The summed E-state index contributed by atoms with van der Waals surface area (Å²) in [5.74, 6) is -0.360. The van der Waals surface area contributed by atoms with Crippen LogP contribution in [0.4, 0.5) is 13.2 Å². The Morgan fingerprint density at radius 3 is 2.29 bits per heavy atom. The number of nitrogens with zero attached hydrogens (tertiary/aromatic N) is 1. The maximum absolute atomic E-state index is 14.4. The van der Waals surface area contributed by atoms with E-state index in [9.17, 15) is 26.4 Å². The van der Waals surface area contributed by atoms with Gasteiger partial charge >= 0.3 is 6.18 Å². The minimum atomic E-state index is -4.75. The molecule has 4 rings (SSSR count). The molecule has 0 bridgehead atoms. The molecule has 34 heavy (non-hydrogen) atoms. The van der Waals surface area contributed by atoms with E-state index in [1.165, 1.54) is 25.2 Å². The Morgan fingerprint density at radius 2 is 1.76 bits per heavy atom. The zero-order chi connectivity index (χ0) is 25.1. The van der Waals surface area contributed by atoms with Crippen LogP contribution in [0.5, 0.6) is 0 Å². The molecule has 2 fully saturated rings. The lowest BCUT2D eigenvalue weighted by Crippen LogP contribution is -2.42. The molecule has 2 heterocycles. The van der Waals surface area contributed by atoms with Crippen molar-refractivity contribution in [3.63, 3.8) is 0 Å². The Hall–Kier alpha value is -1.65. The highest BCUT2D eigenvalue weighted by Gasteiger charge is 2.63. The van der Waals surface area contributed by atoms with Crippen molar-refractivity contribution in [2.24, 2.45) is 5.92 Å². The quantitative estimate of drug-likeness (QED) is 0.460. The van der Waals surface area contributed by atoms with E-state index in [0.29, 0.717) is 16.7 Å². The second kappa shape index (κ2) is 8.78. The fraction of sp³-hybridized carbons (Fsp3) is 0.435. The lowest BCUT2D eigenvalue weighted by molar-refractivity contribution is -0.322. The number of aryl methyl sites for hydroxylation is 1. The lowest BCUT2D eigenvalue weighted by Gasteiger charge is -2.31. The fourth-order valence-electron chi connectivity index (χ4n) is 4.73. The van der Waals surface area contributed by atoms with Gasteiger partial charge < -0.3 is 0 Å². The second-order valence-corrected chi connectivity index (χ2v) is 12.0. The minimum Gasteiger partial charge on any atom is -0.294 e. The van der Waals surface area contributed by atoms with E-state index in [2.05, 4.69) is 0 Å². The maximum atomic E-state index is 14.4. The number of rotatable bonds is 5. The number of benzene rings is 2. The van der Waals surface area contributed by atoms with E-state index >= 15 is 0 Å². The summed E-state index contributed by atoms with van der Waals surface area (Å²) >= 11 is 12.0. The highest BCUT2D eigenvalue weighted by Crippen LogP contribution is 2.54. The molecule has 184 valence electrons.